The van der Waals surface area contributed by atoms with Crippen LogP contribution in [0.4, 0.5) is 10.5 Å². The Kier molecular flexibility index (Phi) is 6.27. The van der Waals surface area contributed by atoms with Gasteiger partial charge in [-0.05, 0) is 25.1 Å². The van der Waals surface area contributed by atoms with Gasteiger partial charge in [-0.1, -0.05) is 11.6 Å². The highest BCUT2D eigenvalue weighted by molar-refractivity contribution is 6.34. The van der Waals surface area contributed by atoms with Crippen molar-refractivity contribution in [2.75, 3.05) is 26.1 Å². The van der Waals surface area contributed by atoms with Crippen molar-refractivity contribution < 1.29 is 14.3 Å². The second-order valence-electron chi connectivity index (χ2n) is 4.23. The van der Waals surface area contributed by atoms with Crippen LogP contribution in [0.15, 0.2) is 18.2 Å². The van der Waals surface area contributed by atoms with E-state index in [0.29, 0.717) is 17.9 Å². The van der Waals surface area contributed by atoms with Crippen molar-refractivity contribution in [3.8, 4) is 0 Å². The Morgan fingerprint density at radius 2 is 2.10 bits per heavy atom. The number of rotatable bonds is 5. The molecule has 3 N–H and O–H groups in total. The summed E-state index contributed by atoms with van der Waals surface area (Å²) in [5, 5.41) is 8.09. The second-order valence-corrected chi connectivity index (χ2v) is 4.64. The largest absolute Gasteiger partial charge is 0.383 e. The standard InChI is InChI=1S/C13H18ClN3O3/c1-8(7-20-3)16-13(19)17-9-4-5-10(11(14)6-9)12(18)15-2/h4-6,8H,7H2,1-3H3,(H,15,18)(H2,16,17,19). The number of amides is 3. The summed E-state index contributed by atoms with van der Waals surface area (Å²) in [6.45, 7) is 2.24. The summed E-state index contributed by atoms with van der Waals surface area (Å²) < 4.78 is 4.92. The molecule has 1 aromatic rings. The minimum atomic E-state index is -0.363. The fourth-order valence-corrected chi connectivity index (χ4v) is 1.86. The maximum absolute atomic E-state index is 11.7. The van der Waals surface area contributed by atoms with Gasteiger partial charge >= 0.3 is 6.03 Å². The smallest absolute Gasteiger partial charge is 0.319 e. The third-order valence-corrected chi connectivity index (χ3v) is 2.81. The Hall–Kier alpha value is -1.79. The fraction of sp³-hybridized carbons (Fsp3) is 0.385. The van der Waals surface area contributed by atoms with Gasteiger partial charge in [-0.2, -0.15) is 0 Å². The molecule has 1 aromatic carbocycles. The van der Waals surface area contributed by atoms with Crippen molar-refractivity contribution >= 4 is 29.2 Å². The molecule has 0 radical (unpaired) electrons. The Bertz CT molecular complexity index is 494. The van der Waals surface area contributed by atoms with Gasteiger partial charge in [0.1, 0.15) is 0 Å². The number of halogens is 1. The van der Waals surface area contributed by atoms with Crippen molar-refractivity contribution in [2.45, 2.75) is 13.0 Å². The second kappa shape index (κ2) is 7.72. The van der Waals surface area contributed by atoms with E-state index in [1.54, 1.807) is 19.2 Å². The van der Waals surface area contributed by atoms with Crippen molar-refractivity contribution in [3.63, 3.8) is 0 Å². The van der Waals surface area contributed by atoms with E-state index < -0.39 is 0 Å². The molecule has 20 heavy (non-hydrogen) atoms. The minimum absolute atomic E-state index is 0.111. The van der Waals surface area contributed by atoms with Gasteiger partial charge in [0.05, 0.1) is 23.2 Å². The summed E-state index contributed by atoms with van der Waals surface area (Å²) in [7, 11) is 3.09. The highest BCUT2D eigenvalue weighted by atomic mass is 35.5. The molecule has 0 saturated carbocycles. The fourth-order valence-electron chi connectivity index (χ4n) is 1.59. The number of benzene rings is 1. The van der Waals surface area contributed by atoms with Crippen LogP contribution in [0.3, 0.4) is 0 Å². The number of methoxy groups -OCH3 is 1. The number of nitrogens with one attached hydrogen (secondary N) is 3. The number of ether oxygens (including phenoxy) is 1. The van der Waals surface area contributed by atoms with E-state index in [-0.39, 0.29) is 23.0 Å². The first kappa shape index (κ1) is 16.3. The first-order valence-electron chi connectivity index (χ1n) is 6.06. The molecule has 0 spiro atoms. The highest BCUT2D eigenvalue weighted by Gasteiger charge is 2.11. The average Bonchev–Trinajstić information content (AvgIpc) is 2.38. The number of urea groups is 1. The SMILES string of the molecule is CNC(=O)c1ccc(NC(=O)NC(C)COC)cc1Cl. The lowest BCUT2D eigenvalue weighted by molar-refractivity contribution is 0.0963. The zero-order valence-corrected chi connectivity index (χ0v) is 12.4. The lowest BCUT2D eigenvalue weighted by Crippen LogP contribution is -2.38. The molecule has 6 nitrogen and oxygen atoms in total. The summed E-state index contributed by atoms with van der Waals surface area (Å²) >= 11 is 5.99. The van der Waals surface area contributed by atoms with Crippen LogP contribution in [0, 0.1) is 0 Å². The molecule has 110 valence electrons. The molecule has 7 heteroatoms. The predicted octanol–water partition coefficient (Wildman–Crippen LogP) is 1.86. The molecule has 1 unspecified atom stereocenters. The number of hydrogen-bond donors (Lipinski definition) is 3. The Labute approximate surface area is 122 Å². The van der Waals surface area contributed by atoms with Crippen molar-refractivity contribution in [1.29, 1.82) is 0 Å². The van der Waals surface area contributed by atoms with Gasteiger partial charge in [-0.3, -0.25) is 4.79 Å². The number of anilines is 1. The summed E-state index contributed by atoms with van der Waals surface area (Å²) in [5.74, 6) is -0.278. The molecule has 1 atom stereocenters. The van der Waals surface area contributed by atoms with Gasteiger partial charge in [-0.25, -0.2) is 4.79 Å². The highest BCUT2D eigenvalue weighted by Crippen LogP contribution is 2.20. The van der Waals surface area contributed by atoms with Gasteiger partial charge in [0.2, 0.25) is 0 Å². The summed E-state index contributed by atoms with van der Waals surface area (Å²) in [6.07, 6.45) is 0. The first-order chi connectivity index (χ1) is 9.47. The van der Waals surface area contributed by atoms with Crippen LogP contribution in [0.5, 0.6) is 0 Å². The summed E-state index contributed by atoms with van der Waals surface area (Å²) in [6, 6.07) is 4.21. The molecule has 0 fully saturated rings. The van der Waals surface area contributed by atoms with Crippen LogP contribution in [-0.2, 0) is 4.74 Å². The third kappa shape index (κ3) is 4.71. The molecule has 3 amide bonds. The first-order valence-corrected chi connectivity index (χ1v) is 6.43. The molecule has 0 aliphatic heterocycles. The van der Waals surface area contributed by atoms with Crippen LogP contribution < -0.4 is 16.0 Å². The number of hydrogen-bond acceptors (Lipinski definition) is 3. The van der Waals surface area contributed by atoms with Crippen LogP contribution in [0.2, 0.25) is 5.02 Å². The monoisotopic (exact) mass is 299 g/mol. The number of carbonyl (C=O) groups excluding carboxylic acids is 2. The van der Waals surface area contributed by atoms with Crippen molar-refractivity contribution in [3.05, 3.63) is 28.8 Å². The Morgan fingerprint density at radius 3 is 2.65 bits per heavy atom. The zero-order chi connectivity index (χ0) is 15.1. The lowest BCUT2D eigenvalue weighted by Gasteiger charge is -2.14. The zero-order valence-electron chi connectivity index (χ0n) is 11.6. The Morgan fingerprint density at radius 1 is 1.40 bits per heavy atom. The number of carbonyl (C=O) groups is 2. The van der Waals surface area contributed by atoms with Gasteiger partial charge in [-0.15, -0.1) is 0 Å². The molecular weight excluding hydrogens is 282 g/mol. The van der Waals surface area contributed by atoms with E-state index in [0.717, 1.165) is 0 Å². The van der Waals surface area contributed by atoms with E-state index in [4.69, 9.17) is 16.3 Å². The molecule has 0 aliphatic carbocycles. The molecular formula is C13H18ClN3O3. The summed E-state index contributed by atoms with van der Waals surface area (Å²) in [4.78, 5) is 23.2. The molecule has 0 heterocycles. The van der Waals surface area contributed by atoms with Crippen LogP contribution in [-0.4, -0.2) is 38.7 Å². The Balaban J connectivity index is 2.67. The van der Waals surface area contributed by atoms with Crippen LogP contribution in [0.1, 0.15) is 17.3 Å². The quantitative estimate of drug-likeness (QED) is 0.776. The maximum atomic E-state index is 11.7. The van der Waals surface area contributed by atoms with E-state index in [1.165, 1.54) is 13.1 Å². The molecule has 1 rings (SSSR count). The van der Waals surface area contributed by atoms with E-state index in [1.807, 2.05) is 6.92 Å². The van der Waals surface area contributed by atoms with Gasteiger partial charge in [0.15, 0.2) is 0 Å². The third-order valence-electron chi connectivity index (χ3n) is 2.49. The molecule has 0 bridgehead atoms. The van der Waals surface area contributed by atoms with Crippen molar-refractivity contribution in [1.82, 2.24) is 10.6 Å². The van der Waals surface area contributed by atoms with E-state index >= 15 is 0 Å². The topological polar surface area (TPSA) is 79.5 Å². The maximum Gasteiger partial charge on any atom is 0.319 e. The normalized spacial score (nSPS) is 11.6. The average molecular weight is 300 g/mol. The predicted molar refractivity (Wildman–Crippen MR) is 78.3 cm³/mol. The van der Waals surface area contributed by atoms with Crippen LogP contribution in [0.25, 0.3) is 0 Å². The summed E-state index contributed by atoms with van der Waals surface area (Å²) in [5.41, 5.74) is 0.859. The van der Waals surface area contributed by atoms with Crippen LogP contribution >= 0.6 is 11.6 Å². The van der Waals surface area contributed by atoms with E-state index in [9.17, 15) is 9.59 Å². The van der Waals surface area contributed by atoms with Crippen molar-refractivity contribution in [2.24, 2.45) is 0 Å². The van der Waals surface area contributed by atoms with Gasteiger partial charge < -0.3 is 20.7 Å². The minimum Gasteiger partial charge on any atom is -0.383 e. The van der Waals surface area contributed by atoms with Gasteiger partial charge in [0, 0.05) is 19.8 Å². The molecule has 0 aromatic heterocycles. The van der Waals surface area contributed by atoms with Gasteiger partial charge in [0.25, 0.3) is 5.91 Å². The molecule has 0 saturated heterocycles. The van der Waals surface area contributed by atoms with E-state index in [2.05, 4.69) is 16.0 Å². The lowest BCUT2D eigenvalue weighted by atomic mass is 10.2. The molecule has 0 aliphatic rings.